The number of allylic oxidation sites excluding steroid dienone is 2. The third-order valence-electron chi connectivity index (χ3n) is 6.73. The molecule has 3 N–H and O–H groups in total. The van der Waals surface area contributed by atoms with Crippen molar-refractivity contribution in [2.24, 2.45) is 0 Å². The van der Waals surface area contributed by atoms with E-state index >= 15 is 0 Å². The van der Waals surface area contributed by atoms with Gasteiger partial charge in [0.25, 0.3) is 0 Å². The average Bonchev–Trinajstić information content (AvgIpc) is 3.25. The van der Waals surface area contributed by atoms with Gasteiger partial charge in [0.15, 0.2) is 0 Å². The molecule has 0 amide bonds. The number of fused-ring (bicyclic) bond motifs is 1. The number of likely N-dealkylation sites (N-methyl/N-ethyl adjacent to an activating group) is 1. The molecule has 0 aliphatic heterocycles. The lowest BCUT2D eigenvalue weighted by atomic mass is 9.99. The molecular weight excluding hydrogens is 433 g/mol. The Morgan fingerprint density at radius 2 is 1.91 bits per heavy atom. The van der Waals surface area contributed by atoms with Crippen LogP contribution < -0.4 is 16.0 Å². The topological polar surface area (TPSA) is 36.1 Å². The minimum absolute atomic E-state index is 0.161. The molecule has 3 rings (SSSR count). The maximum atomic E-state index is 13.5. The summed E-state index contributed by atoms with van der Waals surface area (Å²) in [5.41, 5.74) is 9.16. The first-order chi connectivity index (χ1) is 16.8. The van der Waals surface area contributed by atoms with E-state index in [9.17, 15) is 4.39 Å². The van der Waals surface area contributed by atoms with Gasteiger partial charge in [-0.25, -0.2) is 4.39 Å². The normalized spacial score (nSPS) is 15.8. The second-order valence-electron chi connectivity index (χ2n) is 9.14. The molecule has 184 valence electrons. The summed E-state index contributed by atoms with van der Waals surface area (Å²) in [5.74, 6) is -0.187. The van der Waals surface area contributed by atoms with Crippen LogP contribution in [0.2, 0.25) is 0 Å². The van der Waals surface area contributed by atoms with Crippen LogP contribution in [-0.4, -0.2) is 7.05 Å². The first-order valence-electron chi connectivity index (χ1n) is 12.2. The largest absolute Gasteiger partial charge is 0.381 e. The van der Waals surface area contributed by atoms with E-state index in [1.54, 1.807) is 13.0 Å². The quantitative estimate of drug-likeness (QED) is 0.234. The highest BCUT2D eigenvalue weighted by Crippen LogP contribution is 2.34. The molecule has 0 fully saturated rings. The molecule has 2 aromatic rings. The Labute approximate surface area is 210 Å². The Morgan fingerprint density at radius 1 is 1.14 bits per heavy atom. The Kier molecular flexibility index (Phi) is 8.89. The Bertz CT molecular complexity index is 1160. The number of rotatable bonds is 12. The molecule has 0 aromatic heterocycles. The van der Waals surface area contributed by atoms with E-state index in [4.69, 9.17) is 0 Å². The smallest absolute Gasteiger partial charge is 0.126 e. The van der Waals surface area contributed by atoms with Gasteiger partial charge in [-0.3, -0.25) is 0 Å². The summed E-state index contributed by atoms with van der Waals surface area (Å²) in [4.78, 5) is 0. The minimum atomic E-state index is -0.187. The van der Waals surface area contributed by atoms with Crippen LogP contribution in [0.3, 0.4) is 0 Å². The van der Waals surface area contributed by atoms with E-state index in [1.165, 1.54) is 22.8 Å². The van der Waals surface area contributed by atoms with Crippen molar-refractivity contribution in [3.8, 4) is 0 Å². The van der Waals surface area contributed by atoms with Gasteiger partial charge in [-0.2, -0.15) is 0 Å². The minimum Gasteiger partial charge on any atom is -0.381 e. The van der Waals surface area contributed by atoms with Gasteiger partial charge in [-0.15, -0.1) is 6.58 Å². The Balaban J connectivity index is 1.62. The van der Waals surface area contributed by atoms with E-state index < -0.39 is 0 Å². The first-order valence-corrected chi connectivity index (χ1v) is 12.2. The Hall–Kier alpha value is -3.37. The summed E-state index contributed by atoms with van der Waals surface area (Å²) < 4.78 is 13.5. The highest BCUT2D eigenvalue weighted by molar-refractivity contribution is 5.45. The number of benzene rings is 2. The van der Waals surface area contributed by atoms with Crippen LogP contribution in [0.15, 0.2) is 97.4 Å². The van der Waals surface area contributed by atoms with Crippen LogP contribution in [-0.2, 0) is 13.0 Å². The maximum Gasteiger partial charge on any atom is 0.126 e. The van der Waals surface area contributed by atoms with Gasteiger partial charge >= 0.3 is 0 Å². The molecule has 0 radical (unpaired) electrons. The summed E-state index contributed by atoms with van der Waals surface area (Å²) in [5, 5.41) is 10.2. The molecule has 0 heterocycles. The van der Waals surface area contributed by atoms with Crippen molar-refractivity contribution >= 4 is 0 Å². The molecule has 0 saturated carbocycles. The van der Waals surface area contributed by atoms with Crippen molar-refractivity contribution in [2.45, 2.75) is 51.7 Å². The molecule has 0 bridgehead atoms. The molecule has 4 heteroatoms. The monoisotopic (exact) mass is 471 g/mol. The van der Waals surface area contributed by atoms with Crippen molar-refractivity contribution in [3.63, 3.8) is 0 Å². The van der Waals surface area contributed by atoms with E-state index in [-0.39, 0.29) is 17.9 Å². The zero-order valence-electron chi connectivity index (χ0n) is 21.3. The fourth-order valence-corrected chi connectivity index (χ4v) is 4.54. The van der Waals surface area contributed by atoms with Gasteiger partial charge in [0.05, 0.1) is 12.1 Å². The van der Waals surface area contributed by atoms with Gasteiger partial charge in [-0.05, 0) is 84.3 Å². The molecule has 0 saturated heterocycles. The summed E-state index contributed by atoms with van der Waals surface area (Å²) in [6.07, 6.45) is 6.85. The maximum absolute atomic E-state index is 13.5. The summed E-state index contributed by atoms with van der Waals surface area (Å²) in [6.45, 7) is 21.1. The zero-order valence-corrected chi connectivity index (χ0v) is 21.3. The molecule has 2 atom stereocenters. The van der Waals surface area contributed by atoms with Crippen molar-refractivity contribution in [3.05, 3.63) is 131 Å². The molecular formula is C31H38FN3. The van der Waals surface area contributed by atoms with Gasteiger partial charge in [0.1, 0.15) is 5.82 Å². The molecule has 2 aromatic carbocycles. The van der Waals surface area contributed by atoms with Crippen molar-refractivity contribution in [1.29, 1.82) is 0 Å². The number of hydrogen-bond donors (Lipinski definition) is 3. The van der Waals surface area contributed by atoms with E-state index in [0.29, 0.717) is 12.1 Å². The number of hydrogen-bond acceptors (Lipinski definition) is 3. The van der Waals surface area contributed by atoms with Crippen molar-refractivity contribution in [1.82, 2.24) is 16.0 Å². The standard InChI is InChI=1S/C31H38FN3/c1-8-25(23(6)34-19-24-10-14-29(32)21(4)16-24)17-20(3)22(5)35-31-15-12-26-18-27(11-13-28(26)31)30(9-2)33-7/h9-11,13-14,16-18,30-31,33-35H,2-3,5-6,8,12,15,19H2,1,4,7H3/b25-17+/t30?,31-/m0/s1. The van der Waals surface area contributed by atoms with Crippen LogP contribution in [0.4, 0.5) is 4.39 Å². The zero-order chi connectivity index (χ0) is 25.5. The second-order valence-corrected chi connectivity index (χ2v) is 9.14. The van der Waals surface area contributed by atoms with Crippen LogP contribution in [0.25, 0.3) is 0 Å². The van der Waals surface area contributed by atoms with Gasteiger partial charge < -0.3 is 16.0 Å². The Morgan fingerprint density at radius 3 is 2.57 bits per heavy atom. The molecule has 0 spiro atoms. The fourth-order valence-electron chi connectivity index (χ4n) is 4.54. The van der Waals surface area contributed by atoms with Crippen LogP contribution in [0.5, 0.6) is 0 Å². The van der Waals surface area contributed by atoms with Crippen molar-refractivity contribution in [2.75, 3.05) is 7.05 Å². The predicted molar refractivity (Wildman–Crippen MR) is 146 cm³/mol. The van der Waals surface area contributed by atoms with Crippen molar-refractivity contribution < 1.29 is 4.39 Å². The molecule has 35 heavy (non-hydrogen) atoms. The van der Waals surface area contributed by atoms with Crippen LogP contribution in [0.1, 0.15) is 59.7 Å². The summed E-state index contributed by atoms with van der Waals surface area (Å²) in [6, 6.07) is 12.2. The van der Waals surface area contributed by atoms with E-state index in [2.05, 4.69) is 67.4 Å². The third-order valence-corrected chi connectivity index (χ3v) is 6.73. The number of halogens is 1. The fraction of sp³-hybridized carbons (Fsp3) is 0.290. The van der Waals surface area contributed by atoms with Crippen LogP contribution in [0, 0.1) is 12.7 Å². The predicted octanol–water partition coefficient (Wildman–Crippen LogP) is 6.87. The second kappa shape index (κ2) is 11.9. The summed E-state index contributed by atoms with van der Waals surface area (Å²) >= 11 is 0. The molecule has 3 nitrogen and oxygen atoms in total. The van der Waals surface area contributed by atoms with E-state index in [1.807, 2.05) is 25.3 Å². The highest BCUT2D eigenvalue weighted by atomic mass is 19.1. The molecule has 1 aliphatic rings. The lowest BCUT2D eigenvalue weighted by Crippen LogP contribution is -2.19. The summed E-state index contributed by atoms with van der Waals surface area (Å²) in [7, 11) is 1.95. The van der Waals surface area contributed by atoms with Gasteiger partial charge in [0, 0.05) is 17.9 Å². The first kappa shape index (κ1) is 26.2. The van der Waals surface area contributed by atoms with E-state index in [0.717, 1.165) is 47.4 Å². The van der Waals surface area contributed by atoms with Gasteiger partial charge in [-0.1, -0.05) is 63.1 Å². The molecule has 1 aliphatic carbocycles. The third kappa shape index (κ3) is 6.40. The molecule has 1 unspecified atom stereocenters. The van der Waals surface area contributed by atoms with Gasteiger partial charge in [0.2, 0.25) is 0 Å². The average molecular weight is 472 g/mol. The number of aryl methyl sites for hydroxylation is 2. The number of nitrogens with one attached hydrogen (secondary N) is 3. The van der Waals surface area contributed by atoms with Crippen LogP contribution >= 0.6 is 0 Å². The lowest BCUT2D eigenvalue weighted by molar-refractivity contribution is 0.599. The SMILES string of the molecule is C=CC(NC)c1ccc2c(c1)CC[C@@H]2NC(=C)C(=C)/C=C(\CC)C(=C)NCc1ccc(F)c(C)c1. The highest BCUT2D eigenvalue weighted by Gasteiger charge is 2.24. The lowest BCUT2D eigenvalue weighted by Gasteiger charge is -2.20.